The molecular formula is C17H23N3O2S. The van der Waals surface area contributed by atoms with Gasteiger partial charge in [-0.25, -0.2) is 4.98 Å². The van der Waals surface area contributed by atoms with Crippen molar-refractivity contribution in [2.24, 2.45) is 0 Å². The van der Waals surface area contributed by atoms with Crippen LogP contribution in [-0.2, 0) is 21.8 Å². The lowest BCUT2D eigenvalue weighted by molar-refractivity contribution is -0.123. The molecule has 2 aromatic rings. The molecule has 1 aliphatic heterocycles. The molecule has 0 bridgehead atoms. The molecule has 1 aliphatic rings. The molecule has 124 valence electrons. The number of nitrogens with zero attached hydrogens (tertiary/aromatic N) is 2. The van der Waals surface area contributed by atoms with Crippen LogP contribution in [0.3, 0.4) is 0 Å². The number of amides is 1. The second-order valence-electron chi connectivity index (χ2n) is 5.94. The maximum atomic E-state index is 12.5. The van der Waals surface area contributed by atoms with Crippen molar-refractivity contribution in [3.8, 4) is 0 Å². The number of ether oxygens (including phenoxy) is 1. The van der Waals surface area contributed by atoms with Crippen molar-refractivity contribution in [2.45, 2.75) is 44.2 Å². The van der Waals surface area contributed by atoms with Gasteiger partial charge < -0.3 is 14.6 Å². The van der Waals surface area contributed by atoms with Gasteiger partial charge in [-0.2, -0.15) is 11.8 Å². The molecule has 1 amide bonds. The van der Waals surface area contributed by atoms with Crippen LogP contribution in [0.25, 0.3) is 11.0 Å². The first-order valence-corrected chi connectivity index (χ1v) is 9.42. The highest BCUT2D eigenvalue weighted by atomic mass is 32.2. The first-order valence-electron chi connectivity index (χ1n) is 8.03. The van der Waals surface area contributed by atoms with Crippen LogP contribution in [0.4, 0.5) is 0 Å². The van der Waals surface area contributed by atoms with Gasteiger partial charge in [0.15, 0.2) is 0 Å². The Kier molecular flexibility index (Phi) is 5.23. The van der Waals surface area contributed by atoms with Gasteiger partial charge in [0.25, 0.3) is 0 Å². The Morgan fingerprint density at radius 3 is 3.09 bits per heavy atom. The maximum absolute atomic E-state index is 12.5. The predicted octanol–water partition coefficient (Wildman–Crippen LogP) is 2.58. The molecule has 23 heavy (non-hydrogen) atoms. The van der Waals surface area contributed by atoms with Crippen LogP contribution in [0.5, 0.6) is 0 Å². The SMILES string of the molecule is CSCc1nc2ccccc2n1CC(=O)N[C@@H](C)[C@@H]1CCCO1. The van der Waals surface area contributed by atoms with Crippen LogP contribution in [0.2, 0.25) is 0 Å². The van der Waals surface area contributed by atoms with Gasteiger partial charge in [-0.15, -0.1) is 0 Å². The fraction of sp³-hybridized carbons (Fsp3) is 0.529. The van der Waals surface area contributed by atoms with Gasteiger partial charge >= 0.3 is 0 Å². The van der Waals surface area contributed by atoms with Crippen molar-refractivity contribution >= 4 is 28.7 Å². The summed E-state index contributed by atoms with van der Waals surface area (Å²) in [5.41, 5.74) is 1.95. The number of imidazole rings is 1. The summed E-state index contributed by atoms with van der Waals surface area (Å²) in [6.45, 7) is 3.12. The Bertz CT molecular complexity index is 680. The first-order chi connectivity index (χ1) is 11.2. The lowest BCUT2D eigenvalue weighted by Gasteiger charge is -2.20. The van der Waals surface area contributed by atoms with Crippen LogP contribution < -0.4 is 5.32 Å². The molecule has 2 heterocycles. The fourth-order valence-corrected chi connectivity index (χ4v) is 3.55. The van der Waals surface area contributed by atoms with E-state index < -0.39 is 0 Å². The average Bonchev–Trinajstić information content (AvgIpc) is 3.17. The smallest absolute Gasteiger partial charge is 0.240 e. The summed E-state index contributed by atoms with van der Waals surface area (Å²) in [7, 11) is 0. The molecule has 0 radical (unpaired) electrons. The Labute approximate surface area is 140 Å². The molecule has 3 rings (SSSR count). The standard InChI is InChI=1S/C17H23N3O2S/c1-12(15-8-5-9-22-15)18-17(21)10-20-14-7-4-3-6-13(14)19-16(20)11-23-2/h3-4,6-7,12,15H,5,8-11H2,1-2H3,(H,18,21)/t12-,15-/m0/s1. The molecule has 1 fully saturated rings. The number of carbonyl (C=O) groups excluding carboxylic acids is 1. The van der Waals surface area contributed by atoms with Crippen LogP contribution in [-0.4, -0.2) is 40.5 Å². The van der Waals surface area contributed by atoms with Crippen molar-refractivity contribution in [2.75, 3.05) is 12.9 Å². The van der Waals surface area contributed by atoms with E-state index >= 15 is 0 Å². The zero-order chi connectivity index (χ0) is 16.2. The zero-order valence-electron chi connectivity index (χ0n) is 13.6. The monoisotopic (exact) mass is 333 g/mol. The molecule has 1 aromatic heterocycles. The third-order valence-corrected chi connectivity index (χ3v) is 4.77. The van der Waals surface area contributed by atoms with Gasteiger partial charge in [-0.1, -0.05) is 12.1 Å². The number of thioether (sulfide) groups is 1. The number of benzene rings is 1. The summed E-state index contributed by atoms with van der Waals surface area (Å²) in [6.07, 6.45) is 4.29. The van der Waals surface area contributed by atoms with Crippen LogP contribution in [0, 0.1) is 0 Å². The van der Waals surface area contributed by atoms with E-state index in [-0.39, 0.29) is 18.1 Å². The van der Waals surface area contributed by atoms with E-state index in [2.05, 4.69) is 10.3 Å². The maximum Gasteiger partial charge on any atom is 0.240 e. The molecule has 1 aromatic carbocycles. The fourth-order valence-electron chi connectivity index (χ4n) is 3.07. The van der Waals surface area contributed by atoms with Gasteiger partial charge in [-0.05, 0) is 38.2 Å². The molecule has 1 N–H and O–H groups in total. The van der Waals surface area contributed by atoms with Gasteiger partial charge in [-0.3, -0.25) is 4.79 Å². The number of para-hydroxylation sites is 2. The number of hydrogen-bond donors (Lipinski definition) is 1. The lowest BCUT2D eigenvalue weighted by atomic mass is 10.1. The number of carbonyl (C=O) groups is 1. The van der Waals surface area contributed by atoms with Crippen LogP contribution >= 0.6 is 11.8 Å². The minimum absolute atomic E-state index is 0.0125. The summed E-state index contributed by atoms with van der Waals surface area (Å²) in [5, 5.41) is 3.07. The van der Waals surface area contributed by atoms with E-state index in [0.29, 0.717) is 6.54 Å². The van der Waals surface area contributed by atoms with Gasteiger partial charge in [0.05, 0.1) is 28.9 Å². The minimum Gasteiger partial charge on any atom is -0.376 e. The van der Waals surface area contributed by atoms with E-state index in [4.69, 9.17) is 4.74 Å². The van der Waals surface area contributed by atoms with Crippen molar-refractivity contribution < 1.29 is 9.53 Å². The van der Waals surface area contributed by atoms with Gasteiger partial charge in [0.2, 0.25) is 5.91 Å². The summed E-state index contributed by atoms with van der Waals surface area (Å²) < 4.78 is 7.66. The number of aromatic nitrogens is 2. The predicted molar refractivity (Wildman–Crippen MR) is 93.5 cm³/mol. The van der Waals surface area contributed by atoms with Gasteiger partial charge in [0, 0.05) is 6.61 Å². The van der Waals surface area contributed by atoms with Crippen molar-refractivity contribution in [1.82, 2.24) is 14.9 Å². The van der Waals surface area contributed by atoms with E-state index in [9.17, 15) is 4.79 Å². The molecule has 1 saturated heterocycles. The minimum atomic E-state index is 0.0125. The summed E-state index contributed by atoms with van der Waals surface area (Å²) in [6, 6.07) is 8.01. The normalized spacial score (nSPS) is 19.1. The largest absolute Gasteiger partial charge is 0.376 e. The van der Waals surface area contributed by atoms with E-state index in [1.165, 1.54) is 0 Å². The molecule has 0 unspecified atom stereocenters. The highest BCUT2D eigenvalue weighted by Crippen LogP contribution is 2.19. The lowest BCUT2D eigenvalue weighted by Crippen LogP contribution is -2.42. The van der Waals surface area contributed by atoms with E-state index in [0.717, 1.165) is 42.1 Å². The first kappa shape index (κ1) is 16.3. The second-order valence-corrected chi connectivity index (χ2v) is 6.81. The van der Waals surface area contributed by atoms with Crippen LogP contribution in [0.1, 0.15) is 25.6 Å². The van der Waals surface area contributed by atoms with Gasteiger partial charge in [0.1, 0.15) is 12.4 Å². The molecule has 0 saturated carbocycles. The summed E-state index contributed by atoms with van der Waals surface area (Å²) >= 11 is 1.71. The summed E-state index contributed by atoms with van der Waals surface area (Å²) in [5.74, 6) is 1.75. The third-order valence-electron chi connectivity index (χ3n) is 4.22. The van der Waals surface area contributed by atoms with Crippen molar-refractivity contribution in [3.63, 3.8) is 0 Å². The molecule has 0 spiro atoms. The highest BCUT2D eigenvalue weighted by molar-refractivity contribution is 7.97. The van der Waals surface area contributed by atoms with Crippen molar-refractivity contribution in [1.29, 1.82) is 0 Å². The molecule has 5 nitrogen and oxygen atoms in total. The summed E-state index contributed by atoms with van der Waals surface area (Å²) in [4.78, 5) is 17.1. The van der Waals surface area contributed by atoms with E-state index in [1.807, 2.05) is 42.0 Å². The molecule has 0 aliphatic carbocycles. The highest BCUT2D eigenvalue weighted by Gasteiger charge is 2.24. The average molecular weight is 333 g/mol. The number of fused-ring (bicyclic) bond motifs is 1. The quantitative estimate of drug-likeness (QED) is 0.883. The number of hydrogen-bond acceptors (Lipinski definition) is 4. The molecule has 2 atom stereocenters. The number of rotatable bonds is 6. The van der Waals surface area contributed by atoms with Crippen molar-refractivity contribution in [3.05, 3.63) is 30.1 Å². The Hall–Kier alpha value is -1.53. The third kappa shape index (κ3) is 3.70. The molecular weight excluding hydrogens is 310 g/mol. The number of nitrogens with one attached hydrogen (secondary N) is 1. The van der Waals surface area contributed by atoms with E-state index in [1.54, 1.807) is 11.8 Å². The topological polar surface area (TPSA) is 56.2 Å². The Balaban J connectivity index is 1.74. The second kappa shape index (κ2) is 7.36. The Morgan fingerprint density at radius 2 is 2.35 bits per heavy atom. The Morgan fingerprint density at radius 1 is 1.52 bits per heavy atom. The molecule has 6 heteroatoms. The van der Waals surface area contributed by atoms with Crippen LogP contribution in [0.15, 0.2) is 24.3 Å². The zero-order valence-corrected chi connectivity index (χ0v) is 14.4.